The molecule has 1 aliphatic heterocycles. The summed E-state index contributed by atoms with van der Waals surface area (Å²) in [5.74, 6) is 2.01. The molecule has 0 fully saturated rings. The topological polar surface area (TPSA) is 77.2 Å². The van der Waals surface area contributed by atoms with E-state index in [1.165, 1.54) is 0 Å². The van der Waals surface area contributed by atoms with E-state index in [0.29, 0.717) is 37.6 Å². The Labute approximate surface area is 157 Å². The lowest BCUT2D eigenvalue weighted by molar-refractivity contribution is -0.122. The van der Waals surface area contributed by atoms with Gasteiger partial charge in [-0.05, 0) is 12.5 Å². The molecule has 1 unspecified atom stereocenters. The Morgan fingerprint density at radius 1 is 1.11 bits per heavy atom. The molecule has 1 N–H and O–H groups in total. The first kappa shape index (κ1) is 17.3. The summed E-state index contributed by atoms with van der Waals surface area (Å²) >= 11 is 0. The number of carbonyl (C=O) groups is 1. The number of hydrogen-bond donors (Lipinski definition) is 1. The number of nitrogens with zero attached hydrogens (tertiary/aromatic N) is 2. The van der Waals surface area contributed by atoms with Gasteiger partial charge in [0.1, 0.15) is 5.75 Å². The van der Waals surface area contributed by atoms with Gasteiger partial charge in [0.05, 0.1) is 12.6 Å². The average Bonchev–Trinajstić information content (AvgIpc) is 3.18. The zero-order chi connectivity index (χ0) is 18.5. The molecule has 0 saturated heterocycles. The Morgan fingerprint density at radius 3 is 2.81 bits per heavy atom. The number of nitrogens with one attached hydrogen (secondary N) is 1. The van der Waals surface area contributed by atoms with Gasteiger partial charge in [-0.15, -0.1) is 0 Å². The molecule has 0 spiro atoms. The molecule has 0 saturated carbocycles. The lowest BCUT2D eigenvalue weighted by Gasteiger charge is -2.26. The number of fused-ring (bicyclic) bond motifs is 1. The van der Waals surface area contributed by atoms with Gasteiger partial charge in [0.15, 0.2) is 0 Å². The molecular weight excluding hydrogens is 342 g/mol. The van der Waals surface area contributed by atoms with Crippen molar-refractivity contribution in [2.75, 3.05) is 6.61 Å². The molecule has 2 aromatic carbocycles. The molecule has 3 aromatic rings. The van der Waals surface area contributed by atoms with Crippen molar-refractivity contribution in [3.63, 3.8) is 0 Å². The molecule has 0 radical (unpaired) electrons. The first-order valence-electron chi connectivity index (χ1n) is 9.19. The van der Waals surface area contributed by atoms with Crippen molar-refractivity contribution in [1.82, 2.24) is 15.5 Å². The highest BCUT2D eigenvalue weighted by molar-refractivity contribution is 5.76. The zero-order valence-electron chi connectivity index (χ0n) is 14.9. The van der Waals surface area contributed by atoms with E-state index in [2.05, 4.69) is 15.5 Å². The van der Waals surface area contributed by atoms with Crippen LogP contribution >= 0.6 is 0 Å². The first-order valence-corrected chi connectivity index (χ1v) is 9.19. The number of aryl methyl sites for hydroxylation is 1. The lowest BCUT2D eigenvalue weighted by Crippen LogP contribution is -2.32. The van der Waals surface area contributed by atoms with E-state index in [4.69, 9.17) is 9.26 Å². The Balaban J connectivity index is 1.28. The molecule has 4 rings (SSSR count). The van der Waals surface area contributed by atoms with Crippen LogP contribution in [0, 0.1) is 0 Å². The first-order chi connectivity index (χ1) is 13.3. The van der Waals surface area contributed by atoms with Crippen LogP contribution in [0.4, 0.5) is 0 Å². The van der Waals surface area contributed by atoms with Crippen LogP contribution in [-0.4, -0.2) is 22.7 Å². The number of hydrogen-bond acceptors (Lipinski definition) is 5. The summed E-state index contributed by atoms with van der Waals surface area (Å²) in [7, 11) is 0. The van der Waals surface area contributed by atoms with Gasteiger partial charge in [-0.2, -0.15) is 4.98 Å². The summed E-state index contributed by atoms with van der Waals surface area (Å²) in [6, 6.07) is 17.5. The maximum absolute atomic E-state index is 12.3. The van der Waals surface area contributed by atoms with E-state index in [9.17, 15) is 4.79 Å². The zero-order valence-corrected chi connectivity index (χ0v) is 14.9. The van der Waals surface area contributed by atoms with Crippen molar-refractivity contribution in [2.24, 2.45) is 0 Å². The number of para-hydroxylation sites is 1. The summed E-state index contributed by atoms with van der Waals surface area (Å²) in [5, 5.41) is 7.11. The van der Waals surface area contributed by atoms with Gasteiger partial charge in [0.2, 0.25) is 17.6 Å². The van der Waals surface area contributed by atoms with E-state index >= 15 is 0 Å². The summed E-state index contributed by atoms with van der Waals surface area (Å²) < 4.78 is 10.9. The van der Waals surface area contributed by atoms with Crippen molar-refractivity contribution < 1.29 is 14.1 Å². The fourth-order valence-electron chi connectivity index (χ4n) is 3.22. The number of aromatic nitrogens is 2. The maximum atomic E-state index is 12.3. The van der Waals surface area contributed by atoms with Crippen molar-refractivity contribution in [2.45, 2.75) is 31.7 Å². The summed E-state index contributed by atoms with van der Waals surface area (Å²) in [4.78, 5) is 16.7. The Kier molecular flexibility index (Phi) is 5.14. The number of rotatable bonds is 6. The number of amides is 1. The van der Waals surface area contributed by atoms with Crippen LogP contribution in [0.1, 0.15) is 36.8 Å². The Morgan fingerprint density at radius 2 is 1.93 bits per heavy atom. The predicted octanol–water partition coefficient (Wildman–Crippen LogP) is 3.70. The minimum atomic E-state index is 0.00976. The van der Waals surface area contributed by atoms with Gasteiger partial charge < -0.3 is 14.6 Å². The molecule has 6 nitrogen and oxygen atoms in total. The van der Waals surface area contributed by atoms with Crippen molar-refractivity contribution in [3.05, 3.63) is 66.1 Å². The quantitative estimate of drug-likeness (QED) is 0.722. The van der Waals surface area contributed by atoms with E-state index in [-0.39, 0.29) is 11.9 Å². The number of benzene rings is 2. The van der Waals surface area contributed by atoms with E-state index < -0.39 is 0 Å². The molecule has 2 heterocycles. The van der Waals surface area contributed by atoms with Gasteiger partial charge in [0.25, 0.3) is 0 Å². The second-order valence-electron chi connectivity index (χ2n) is 6.53. The van der Waals surface area contributed by atoms with E-state index in [1.54, 1.807) is 0 Å². The van der Waals surface area contributed by atoms with Gasteiger partial charge >= 0.3 is 0 Å². The molecule has 0 bridgehead atoms. The standard InChI is InChI=1S/C21H21N3O3/c25-19(22-17-13-14-26-18-10-5-4-9-16(17)18)11-6-12-20-23-21(24-27-20)15-7-2-1-3-8-15/h1-5,7-10,17H,6,11-14H2,(H,22,25). The third kappa shape index (κ3) is 4.16. The Bertz CT molecular complexity index is 908. The summed E-state index contributed by atoms with van der Waals surface area (Å²) in [6.07, 6.45) is 2.44. The number of ether oxygens (including phenoxy) is 1. The highest BCUT2D eigenvalue weighted by Gasteiger charge is 2.22. The normalized spacial score (nSPS) is 15.6. The summed E-state index contributed by atoms with van der Waals surface area (Å²) in [5.41, 5.74) is 1.96. The average molecular weight is 363 g/mol. The third-order valence-corrected chi connectivity index (χ3v) is 4.59. The smallest absolute Gasteiger partial charge is 0.226 e. The largest absolute Gasteiger partial charge is 0.493 e. The molecule has 6 heteroatoms. The van der Waals surface area contributed by atoms with Crippen LogP contribution in [-0.2, 0) is 11.2 Å². The van der Waals surface area contributed by atoms with E-state index in [1.807, 2.05) is 54.6 Å². The van der Waals surface area contributed by atoms with Crippen LogP contribution in [0.25, 0.3) is 11.4 Å². The van der Waals surface area contributed by atoms with Crippen molar-refractivity contribution >= 4 is 5.91 Å². The lowest BCUT2D eigenvalue weighted by atomic mass is 10.0. The molecule has 138 valence electrons. The van der Waals surface area contributed by atoms with Crippen LogP contribution in [0.15, 0.2) is 59.1 Å². The Hall–Kier alpha value is -3.15. The van der Waals surface area contributed by atoms with Gasteiger partial charge in [-0.3, -0.25) is 4.79 Å². The molecule has 0 aliphatic carbocycles. The number of carbonyl (C=O) groups excluding carboxylic acids is 1. The second kappa shape index (κ2) is 8.03. The molecular formula is C21H21N3O3. The molecule has 27 heavy (non-hydrogen) atoms. The van der Waals surface area contributed by atoms with Crippen LogP contribution < -0.4 is 10.1 Å². The van der Waals surface area contributed by atoms with E-state index in [0.717, 1.165) is 23.3 Å². The summed E-state index contributed by atoms with van der Waals surface area (Å²) in [6.45, 7) is 0.617. The monoisotopic (exact) mass is 363 g/mol. The third-order valence-electron chi connectivity index (χ3n) is 4.59. The fraction of sp³-hybridized carbons (Fsp3) is 0.286. The van der Waals surface area contributed by atoms with Crippen LogP contribution in [0.5, 0.6) is 5.75 Å². The van der Waals surface area contributed by atoms with Crippen molar-refractivity contribution in [3.8, 4) is 17.1 Å². The second-order valence-corrected chi connectivity index (χ2v) is 6.53. The predicted molar refractivity (Wildman–Crippen MR) is 100 cm³/mol. The van der Waals surface area contributed by atoms with Gasteiger partial charge in [0, 0.05) is 30.4 Å². The molecule has 1 aromatic heterocycles. The SMILES string of the molecule is O=C(CCCc1nc(-c2ccccc2)no1)NC1CCOc2ccccc21. The highest BCUT2D eigenvalue weighted by atomic mass is 16.5. The van der Waals surface area contributed by atoms with Crippen LogP contribution in [0.3, 0.4) is 0 Å². The fourth-order valence-corrected chi connectivity index (χ4v) is 3.22. The minimum Gasteiger partial charge on any atom is -0.493 e. The van der Waals surface area contributed by atoms with Gasteiger partial charge in [-0.1, -0.05) is 53.7 Å². The molecule has 1 aliphatic rings. The minimum absolute atomic E-state index is 0.00976. The maximum Gasteiger partial charge on any atom is 0.226 e. The molecule has 1 amide bonds. The molecule has 1 atom stereocenters. The van der Waals surface area contributed by atoms with Gasteiger partial charge in [-0.25, -0.2) is 0 Å². The van der Waals surface area contributed by atoms with Crippen molar-refractivity contribution in [1.29, 1.82) is 0 Å². The van der Waals surface area contributed by atoms with Crippen LogP contribution in [0.2, 0.25) is 0 Å². The highest BCUT2D eigenvalue weighted by Crippen LogP contribution is 2.31.